The molecule has 0 amide bonds. The van der Waals surface area contributed by atoms with Crippen molar-refractivity contribution in [2.45, 2.75) is 24.3 Å². The summed E-state index contributed by atoms with van der Waals surface area (Å²) in [6, 6.07) is 22.5. The van der Waals surface area contributed by atoms with E-state index in [1.54, 1.807) is 18.3 Å². The minimum atomic E-state index is -3.83. The summed E-state index contributed by atoms with van der Waals surface area (Å²) in [6.07, 6.45) is 2.25. The van der Waals surface area contributed by atoms with Crippen molar-refractivity contribution in [1.29, 1.82) is 0 Å². The molecule has 3 heterocycles. The van der Waals surface area contributed by atoms with E-state index in [2.05, 4.69) is 25.5 Å². The summed E-state index contributed by atoms with van der Waals surface area (Å²) in [5.74, 6) is 0.619. The number of aryl methyl sites for hydroxylation is 1. The highest BCUT2D eigenvalue weighted by molar-refractivity contribution is 7.92. The largest absolute Gasteiger partial charge is 0.368 e. The van der Waals surface area contributed by atoms with Gasteiger partial charge in [0.1, 0.15) is 5.82 Å². The van der Waals surface area contributed by atoms with Crippen molar-refractivity contribution in [3.8, 4) is 11.1 Å². The molecule has 6 rings (SSSR count). The number of sulfonamides is 1. The second-order valence-corrected chi connectivity index (χ2v) is 11.0. The highest BCUT2D eigenvalue weighted by atomic mass is 32.2. The number of rotatable bonds is 5. The zero-order chi connectivity index (χ0) is 25.6. The zero-order valence-corrected chi connectivity index (χ0v) is 20.9. The number of H-pyrrole nitrogens is 1. The summed E-state index contributed by atoms with van der Waals surface area (Å²) in [5, 5.41) is 10.9. The molecular weight excluding hydrogens is 486 g/mol. The van der Waals surface area contributed by atoms with Gasteiger partial charge in [-0.25, -0.2) is 8.42 Å². The average Bonchev–Trinajstić information content (AvgIpc) is 3.37. The van der Waals surface area contributed by atoms with Gasteiger partial charge in [-0.3, -0.25) is 9.40 Å². The Morgan fingerprint density at radius 2 is 1.68 bits per heavy atom. The van der Waals surface area contributed by atoms with Crippen LogP contribution in [0.3, 0.4) is 0 Å². The van der Waals surface area contributed by atoms with Crippen LogP contribution in [0, 0.1) is 6.92 Å². The van der Waals surface area contributed by atoms with Gasteiger partial charge >= 0.3 is 0 Å². The first-order valence-electron chi connectivity index (χ1n) is 11.9. The summed E-state index contributed by atoms with van der Waals surface area (Å²) < 4.78 is 29.3. The molecular formula is C27H25N7O2S. The third-order valence-corrected chi connectivity index (χ3v) is 8.40. The van der Waals surface area contributed by atoms with Crippen LogP contribution in [0.5, 0.6) is 0 Å². The fourth-order valence-electron chi connectivity index (χ4n) is 4.73. The normalized spacial score (nSPS) is 15.5. The van der Waals surface area contributed by atoms with Gasteiger partial charge in [0.15, 0.2) is 5.65 Å². The predicted molar refractivity (Wildman–Crippen MR) is 145 cm³/mol. The van der Waals surface area contributed by atoms with Crippen molar-refractivity contribution >= 4 is 38.5 Å². The van der Waals surface area contributed by atoms with Gasteiger partial charge in [-0.05, 0) is 48.2 Å². The van der Waals surface area contributed by atoms with Crippen molar-refractivity contribution in [3.05, 3.63) is 90.1 Å². The molecule has 1 aliphatic rings. The molecule has 1 atom stereocenters. The fraction of sp³-hybridized carbons (Fsp3) is 0.148. The average molecular weight is 512 g/mol. The maximum atomic E-state index is 13.9. The number of benzene rings is 3. The van der Waals surface area contributed by atoms with Gasteiger partial charge in [0.25, 0.3) is 10.0 Å². The van der Waals surface area contributed by atoms with E-state index in [0.29, 0.717) is 29.0 Å². The van der Waals surface area contributed by atoms with Crippen molar-refractivity contribution in [1.82, 2.24) is 20.2 Å². The highest BCUT2D eigenvalue weighted by Crippen LogP contribution is 2.34. The van der Waals surface area contributed by atoms with Crippen molar-refractivity contribution < 1.29 is 8.42 Å². The molecule has 3 aromatic carbocycles. The number of nitrogen functional groups attached to an aromatic ring is 1. The summed E-state index contributed by atoms with van der Waals surface area (Å²) in [4.78, 5) is 8.73. The lowest BCUT2D eigenvalue weighted by Crippen LogP contribution is -2.45. The van der Waals surface area contributed by atoms with E-state index in [1.807, 2.05) is 67.6 Å². The first kappa shape index (κ1) is 23.0. The van der Waals surface area contributed by atoms with Gasteiger partial charge in [0.05, 0.1) is 34.8 Å². The standard InChI is InChI=1S/C27H25N7O2S/c1-17-6-8-18(9-7-17)19-10-12-22(13-11-19)37(35,36)34-16-21(14-20-4-2-3-5-24(20)34)30-25-23-15-29-33-26(23)32-27(28)31-25/h2-13,15,21H,14,16H2,1H3,(H4,28,29,30,31,32,33). The van der Waals surface area contributed by atoms with E-state index < -0.39 is 10.0 Å². The van der Waals surface area contributed by atoms with Crippen molar-refractivity contribution in [3.63, 3.8) is 0 Å². The molecule has 1 unspecified atom stereocenters. The lowest BCUT2D eigenvalue weighted by molar-refractivity contribution is 0.581. The van der Waals surface area contributed by atoms with Crippen LogP contribution in [-0.4, -0.2) is 41.2 Å². The number of hydrogen-bond acceptors (Lipinski definition) is 7. The Labute approximate surface area is 214 Å². The summed E-state index contributed by atoms with van der Waals surface area (Å²) in [5.41, 5.74) is 11.2. The third-order valence-electron chi connectivity index (χ3n) is 6.61. The van der Waals surface area contributed by atoms with E-state index in [9.17, 15) is 8.42 Å². The Hall–Kier alpha value is -4.44. The number of aromatic nitrogens is 4. The highest BCUT2D eigenvalue weighted by Gasteiger charge is 2.33. The fourth-order valence-corrected chi connectivity index (χ4v) is 6.28. The van der Waals surface area contributed by atoms with Crippen LogP contribution in [0.2, 0.25) is 0 Å². The molecule has 0 aliphatic carbocycles. The minimum Gasteiger partial charge on any atom is -0.368 e. The van der Waals surface area contributed by atoms with Crippen LogP contribution in [0.15, 0.2) is 83.9 Å². The third kappa shape index (κ3) is 4.25. The molecule has 0 spiro atoms. The Morgan fingerprint density at radius 3 is 2.43 bits per heavy atom. The molecule has 0 bridgehead atoms. The van der Waals surface area contributed by atoms with Crippen LogP contribution >= 0.6 is 0 Å². The Balaban J connectivity index is 1.33. The van der Waals surface area contributed by atoms with E-state index in [-0.39, 0.29) is 23.4 Å². The number of anilines is 3. The summed E-state index contributed by atoms with van der Waals surface area (Å²) in [7, 11) is -3.83. The Morgan fingerprint density at radius 1 is 0.973 bits per heavy atom. The van der Waals surface area contributed by atoms with E-state index in [0.717, 1.165) is 16.7 Å². The van der Waals surface area contributed by atoms with E-state index in [4.69, 9.17) is 5.73 Å². The van der Waals surface area contributed by atoms with Crippen molar-refractivity contribution in [2.75, 3.05) is 21.9 Å². The van der Waals surface area contributed by atoms with Gasteiger partial charge < -0.3 is 11.1 Å². The van der Waals surface area contributed by atoms with Crippen molar-refractivity contribution in [2.24, 2.45) is 0 Å². The number of para-hydroxylation sites is 1. The van der Waals surface area contributed by atoms with Gasteiger partial charge in [-0.15, -0.1) is 0 Å². The SMILES string of the molecule is Cc1ccc(-c2ccc(S(=O)(=O)N3CC(Nc4nc(N)nc5[nH]ncc45)Cc4ccccc43)cc2)cc1. The monoisotopic (exact) mass is 511 g/mol. The first-order valence-corrected chi connectivity index (χ1v) is 13.3. The molecule has 9 nitrogen and oxygen atoms in total. The molecule has 37 heavy (non-hydrogen) atoms. The second kappa shape index (κ2) is 8.90. The Bertz CT molecular complexity index is 1700. The number of aromatic amines is 1. The molecule has 10 heteroatoms. The molecule has 2 aromatic heterocycles. The maximum absolute atomic E-state index is 13.9. The molecule has 0 fully saturated rings. The molecule has 0 saturated carbocycles. The van der Waals surface area contributed by atoms with Gasteiger partial charge in [-0.2, -0.15) is 15.1 Å². The van der Waals surface area contributed by atoms with Gasteiger partial charge in [0.2, 0.25) is 5.95 Å². The predicted octanol–water partition coefficient (Wildman–Crippen LogP) is 4.14. The van der Waals surface area contributed by atoms with Gasteiger partial charge in [0, 0.05) is 0 Å². The quantitative estimate of drug-likeness (QED) is 0.323. The van der Waals surface area contributed by atoms with Crippen LogP contribution in [0.4, 0.5) is 17.5 Å². The number of hydrogen-bond donors (Lipinski definition) is 3. The van der Waals surface area contributed by atoms with Gasteiger partial charge in [-0.1, -0.05) is 60.2 Å². The summed E-state index contributed by atoms with van der Waals surface area (Å²) >= 11 is 0. The van der Waals surface area contributed by atoms with Crippen LogP contribution in [-0.2, 0) is 16.4 Å². The number of fused-ring (bicyclic) bond motifs is 2. The second-order valence-electron chi connectivity index (χ2n) is 9.16. The molecule has 5 aromatic rings. The number of nitrogens with zero attached hydrogens (tertiary/aromatic N) is 4. The lowest BCUT2D eigenvalue weighted by Gasteiger charge is -2.35. The van der Waals surface area contributed by atoms with Crippen LogP contribution < -0.4 is 15.4 Å². The Kier molecular flexibility index (Phi) is 5.53. The number of nitrogens with one attached hydrogen (secondary N) is 2. The van der Waals surface area contributed by atoms with Crippen LogP contribution in [0.1, 0.15) is 11.1 Å². The lowest BCUT2D eigenvalue weighted by atomic mass is 9.99. The molecule has 186 valence electrons. The summed E-state index contributed by atoms with van der Waals surface area (Å²) in [6.45, 7) is 2.26. The first-order chi connectivity index (χ1) is 17.9. The smallest absolute Gasteiger partial charge is 0.264 e. The zero-order valence-electron chi connectivity index (χ0n) is 20.1. The minimum absolute atomic E-state index is 0.105. The molecule has 1 aliphatic heterocycles. The number of nitrogens with two attached hydrogens (primary N) is 1. The van der Waals surface area contributed by atoms with E-state index >= 15 is 0 Å². The molecule has 4 N–H and O–H groups in total. The van der Waals surface area contributed by atoms with E-state index in [1.165, 1.54) is 9.87 Å². The van der Waals surface area contributed by atoms with Crippen LogP contribution in [0.25, 0.3) is 22.2 Å². The topological polar surface area (TPSA) is 130 Å². The maximum Gasteiger partial charge on any atom is 0.264 e. The molecule has 0 saturated heterocycles. The molecule has 0 radical (unpaired) electrons.